The van der Waals surface area contributed by atoms with Crippen molar-refractivity contribution in [3.63, 3.8) is 0 Å². The van der Waals surface area contributed by atoms with Crippen LogP contribution in [0.15, 0.2) is 21.6 Å². The summed E-state index contributed by atoms with van der Waals surface area (Å²) in [4.78, 5) is 12.8. The van der Waals surface area contributed by atoms with E-state index in [-0.39, 0.29) is 6.07 Å². The minimum absolute atomic E-state index is 0.0616. The summed E-state index contributed by atoms with van der Waals surface area (Å²) in [5.41, 5.74) is -3.90. The van der Waals surface area contributed by atoms with Gasteiger partial charge in [-0.3, -0.25) is 0 Å². The lowest BCUT2D eigenvalue weighted by molar-refractivity contribution is -0.143. The van der Waals surface area contributed by atoms with Gasteiger partial charge in [-0.25, -0.2) is 4.79 Å². The number of hydrogen-bond donors (Lipinski definition) is 0. The largest absolute Gasteiger partial charge is 0.417 e. The van der Waals surface area contributed by atoms with Crippen LogP contribution in [0.2, 0.25) is 0 Å². The number of alkyl halides is 6. The van der Waals surface area contributed by atoms with E-state index in [1.807, 2.05) is 0 Å². The molecule has 0 aliphatic carbocycles. The van der Waals surface area contributed by atoms with Crippen molar-refractivity contribution in [2.24, 2.45) is 4.99 Å². The van der Waals surface area contributed by atoms with E-state index in [0.717, 1.165) is 6.08 Å². The molecule has 0 fully saturated rings. The van der Waals surface area contributed by atoms with Crippen LogP contribution < -0.4 is 0 Å². The first-order valence-electron chi connectivity index (χ1n) is 4.13. The fraction of sp³-hybridized carbons (Fsp3) is 0.222. The summed E-state index contributed by atoms with van der Waals surface area (Å²) in [5, 5.41) is 0. The first-order chi connectivity index (χ1) is 8.07. The third-order valence-electron chi connectivity index (χ3n) is 1.85. The Balaban J connectivity index is 3.62. The highest BCUT2D eigenvalue weighted by molar-refractivity contribution is 9.10. The molecule has 18 heavy (non-hydrogen) atoms. The first kappa shape index (κ1) is 14.7. The van der Waals surface area contributed by atoms with E-state index in [0.29, 0.717) is 6.07 Å². The van der Waals surface area contributed by atoms with Gasteiger partial charge in [-0.2, -0.15) is 31.3 Å². The van der Waals surface area contributed by atoms with Crippen LogP contribution in [-0.2, 0) is 17.1 Å². The number of aliphatic imine (C=N–C) groups is 1. The molecule has 0 N–H and O–H groups in total. The lowest BCUT2D eigenvalue weighted by Gasteiger charge is -2.14. The molecule has 0 saturated carbocycles. The van der Waals surface area contributed by atoms with Gasteiger partial charge in [0.1, 0.15) is 0 Å². The predicted molar refractivity (Wildman–Crippen MR) is 51.9 cm³/mol. The summed E-state index contributed by atoms with van der Waals surface area (Å²) in [7, 11) is 0. The monoisotopic (exact) mass is 333 g/mol. The van der Waals surface area contributed by atoms with Gasteiger partial charge in [0, 0.05) is 0 Å². The smallest absolute Gasteiger partial charge is 0.211 e. The molecule has 0 aliphatic rings. The third-order valence-corrected chi connectivity index (χ3v) is 2.69. The maximum Gasteiger partial charge on any atom is 0.417 e. The number of nitrogens with zero attached hydrogens (tertiary/aromatic N) is 1. The Labute approximate surface area is 104 Å². The van der Waals surface area contributed by atoms with Crippen molar-refractivity contribution < 1.29 is 31.1 Å². The average Bonchev–Trinajstić information content (AvgIpc) is 2.17. The quantitative estimate of drug-likeness (QED) is 0.424. The highest BCUT2D eigenvalue weighted by Gasteiger charge is 2.39. The Morgan fingerprint density at radius 3 is 2.00 bits per heavy atom. The number of benzene rings is 1. The lowest BCUT2D eigenvalue weighted by Crippen LogP contribution is -2.11. The van der Waals surface area contributed by atoms with E-state index < -0.39 is 33.6 Å². The van der Waals surface area contributed by atoms with Gasteiger partial charge in [0.05, 0.1) is 21.3 Å². The summed E-state index contributed by atoms with van der Waals surface area (Å²) in [5.74, 6) is 0. The zero-order chi connectivity index (χ0) is 14.1. The molecule has 98 valence electrons. The second-order valence-corrected chi connectivity index (χ2v) is 3.85. The van der Waals surface area contributed by atoms with Crippen molar-refractivity contribution in [3.8, 4) is 0 Å². The van der Waals surface area contributed by atoms with Gasteiger partial charge in [-0.05, 0) is 28.1 Å². The highest BCUT2D eigenvalue weighted by Crippen LogP contribution is 2.43. The van der Waals surface area contributed by atoms with Gasteiger partial charge in [0.2, 0.25) is 6.08 Å². The van der Waals surface area contributed by atoms with E-state index >= 15 is 0 Å². The lowest BCUT2D eigenvalue weighted by atomic mass is 10.1. The summed E-state index contributed by atoms with van der Waals surface area (Å²) >= 11 is 2.46. The molecule has 2 nitrogen and oxygen atoms in total. The van der Waals surface area contributed by atoms with Gasteiger partial charge >= 0.3 is 12.4 Å². The summed E-state index contributed by atoms with van der Waals surface area (Å²) < 4.78 is 73.9. The average molecular weight is 334 g/mol. The van der Waals surface area contributed by atoms with Gasteiger partial charge in [-0.15, -0.1) is 0 Å². The molecule has 0 unspecified atom stereocenters. The van der Waals surface area contributed by atoms with Crippen molar-refractivity contribution in [1.82, 2.24) is 0 Å². The van der Waals surface area contributed by atoms with Crippen LogP contribution in [-0.4, -0.2) is 6.08 Å². The molecule has 0 bridgehead atoms. The van der Waals surface area contributed by atoms with E-state index in [9.17, 15) is 31.1 Å². The molecule has 1 rings (SSSR count). The topological polar surface area (TPSA) is 29.4 Å². The van der Waals surface area contributed by atoms with Gasteiger partial charge < -0.3 is 0 Å². The predicted octanol–water partition coefficient (Wildman–Crippen LogP) is 4.45. The normalized spacial score (nSPS) is 12.2. The van der Waals surface area contributed by atoms with E-state index in [1.54, 1.807) is 0 Å². The molecule has 0 spiro atoms. The SMILES string of the molecule is O=C=Nc1cc(C(F)(F)F)cc(C(F)(F)F)c1Br. The maximum absolute atomic E-state index is 12.5. The molecule has 0 aliphatic heterocycles. The second kappa shape index (κ2) is 4.74. The number of rotatable bonds is 1. The standard InChI is InChI=1S/C9H2BrF6NO/c10-7-5(9(14,15)16)1-4(8(11,12)13)2-6(7)17-3-18/h1-2H. The summed E-state index contributed by atoms with van der Waals surface area (Å²) in [6, 6.07) is 0.262. The van der Waals surface area contributed by atoms with Gasteiger partial charge in [0.15, 0.2) is 0 Å². The van der Waals surface area contributed by atoms with Crippen molar-refractivity contribution in [1.29, 1.82) is 0 Å². The molecular formula is C9H2BrF6NO. The Hall–Kier alpha value is -1.34. The molecule has 0 aromatic heterocycles. The number of hydrogen-bond acceptors (Lipinski definition) is 2. The molecule has 1 aromatic carbocycles. The van der Waals surface area contributed by atoms with E-state index in [4.69, 9.17) is 0 Å². The Morgan fingerprint density at radius 1 is 1.06 bits per heavy atom. The molecule has 0 atom stereocenters. The zero-order valence-electron chi connectivity index (χ0n) is 8.16. The van der Waals surface area contributed by atoms with Crippen LogP contribution >= 0.6 is 15.9 Å². The molecule has 0 amide bonds. The van der Waals surface area contributed by atoms with E-state index in [2.05, 4.69) is 20.9 Å². The zero-order valence-corrected chi connectivity index (χ0v) is 9.74. The van der Waals surface area contributed by atoms with E-state index in [1.165, 1.54) is 0 Å². The number of halogens is 7. The van der Waals surface area contributed by atoms with Crippen LogP contribution in [0.4, 0.5) is 32.0 Å². The molecule has 0 radical (unpaired) electrons. The molecular weight excluding hydrogens is 332 g/mol. The minimum atomic E-state index is -5.01. The fourth-order valence-corrected chi connectivity index (χ4v) is 1.65. The molecule has 1 aromatic rings. The van der Waals surface area contributed by atoms with Crippen molar-refractivity contribution in [2.75, 3.05) is 0 Å². The Morgan fingerprint density at radius 2 is 1.61 bits per heavy atom. The molecule has 0 heterocycles. The van der Waals surface area contributed by atoms with Crippen molar-refractivity contribution in [3.05, 3.63) is 27.7 Å². The summed E-state index contributed by atoms with van der Waals surface area (Å²) in [6.07, 6.45) is -9.09. The van der Waals surface area contributed by atoms with Crippen LogP contribution in [0.1, 0.15) is 11.1 Å². The Kier molecular flexibility index (Phi) is 3.87. The fourth-order valence-electron chi connectivity index (χ4n) is 1.11. The second-order valence-electron chi connectivity index (χ2n) is 3.06. The van der Waals surface area contributed by atoms with Gasteiger partial charge in [-0.1, -0.05) is 0 Å². The first-order valence-corrected chi connectivity index (χ1v) is 4.92. The minimum Gasteiger partial charge on any atom is -0.211 e. The molecule has 0 saturated heterocycles. The van der Waals surface area contributed by atoms with Crippen LogP contribution in [0.5, 0.6) is 0 Å². The number of isocyanates is 1. The third kappa shape index (κ3) is 3.11. The van der Waals surface area contributed by atoms with Gasteiger partial charge in [0.25, 0.3) is 0 Å². The summed E-state index contributed by atoms with van der Waals surface area (Å²) in [6.45, 7) is 0. The van der Waals surface area contributed by atoms with Crippen molar-refractivity contribution >= 4 is 27.7 Å². The highest BCUT2D eigenvalue weighted by atomic mass is 79.9. The Bertz CT molecular complexity index is 515. The van der Waals surface area contributed by atoms with Crippen LogP contribution in [0.3, 0.4) is 0 Å². The number of carbonyl (C=O) groups excluding carboxylic acids is 1. The molecule has 9 heteroatoms. The van der Waals surface area contributed by atoms with Crippen LogP contribution in [0.25, 0.3) is 0 Å². The maximum atomic E-state index is 12.5. The van der Waals surface area contributed by atoms with Crippen LogP contribution in [0, 0.1) is 0 Å². The van der Waals surface area contributed by atoms with Crippen molar-refractivity contribution in [2.45, 2.75) is 12.4 Å².